The molecule has 3 fully saturated rings. The third-order valence-corrected chi connectivity index (χ3v) is 6.66. The average molecular weight is 365 g/mol. The molecule has 1 saturated heterocycles. The maximum absolute atomic E-state index is 13.1. The fourth-order valence-corrected chi connectivity index (χ4v) is 6.04. The number of morpholine rings is 1. The molecular weight excluding hydrogens is 324 g/mol. The molecule has 4 heteroatoms. The molecule has 0 aromatic rings. The van der Waals surface area contributed by atoms with E-state index in [0.717, 1.165) is 38.5 Å². The number of nitrogens with zero attached hydrogens (tertiary/aromatic N) is 1. The predicted octanol–water partition coefficient (Wildman–Crippen LogP) is 3.99. The van der Waals surface area contributed by atoms with Crippen molar-refractivity contribution in [2.75, 3.05) is 26.3 Å². The van der Waals surface area contributed by atoms with Gasteiger partial charge in [0.1, 0.15) is 6.04 Å². The second-order valence-corrected chi connectivity index (χ2v) is 10.7. The minimum Gasteiger partial charge on any atom is -0.378 e. The Labute approximate surface area is 160 Å². The molecule has 1 aliphatic heterocycles. The Bertz CT molecular complexity index is 467. The maximum atomic E-state index is 13.1. The van der Waals surface area contributed by atoms with Gasteiger partial charge in [-0.2, -0.15) is 0 Å². The van der Waals surface area contributed by atoms with E-state index in [0.29, 0.717) is 23.5 Å². The molecule has 1 unspecified atom stereocenters. The first kappa shape index (κ1) is 20.1. The van der Waals surface area contributed by atoms with Crippen LogP contribution in [0.1, 0.15) is 79.1 Å². The van der Waals surface area contributed by atoms with Crippen LogP contribution in [0.3, 0.4) is 0 Å². The highest BCUT2D eigenvalue weighted by Gasteiger charge is 2.40. The van der Waals surface area contributed by atoms with Crippen molar-refractivity contribution in [1.82, 2.24) is 10.2 Å². The zero-order valence-corrected chi connectivity index (χ0v) is 17.5. The van der Waals surface area contributed by atoms with Crippen molar-refractivity contribution < 1.29 is 9.53 Å². The fourth-order valence-electron chi connectivity index (χ4n) is 6.04. The molecule has 0 spiro atoms. The van der Waals surface area contributed by atoms with Gasteiger partial charge in [-0.15, -0.1) is 0 Å². The van der Waals surface area contributed by atoms with Gasteiger partial charge in [0, 0.05) is 19.1 Å². The highest BCUT2D eigenvalue weighted by molar-refractivity contribution is 5.82. The van der Waals surface area contributed by atoms with Crippen LogP contribution >= 0.6 is 0 Å². The van der Waals surface area contributed by atoms with Crippen LogP contribution in [0.4, 0.5) is 0 Å². The first-order valence-electron chi connectivity index (χ1n) is 10.9. The lowest BCUT2D eigenvalue weighted by Crippen LogP contribution is -2.57. The topological polar surface area (TPSA) is 41.6 Å². The zero-order chi connectivity index (χ0) is 18.8. The van der Waals surface area contributed by atoms with Gasteiger partial charge in [0.25, 0.3) is 0 Å². The highest BCUT2D eigenvalue weighted by Crippen LogP contribution is 2.45. The number of carbonyl (C=O) groups is 1. The normalized spacial score (nSPS) is 30.8. The molecular formula is C22H40N2O2. The van der Waals surface area contributed by atoms with Gasteiger partial charge >= 0.3 is 0 Å². The van der Waals surface area contributed by atoms with Crippen molar-refractivity contribution >= 4 is 5.91 Å². The minimum absolute atomic E-state index is 0.0983. The first-order valence-corrected chi connectivity index (χ1v) is 10.9. The van der Waals surface area contributed by atoms with Crippen molar-refractivity contribution in [3.63, 3.8) is 0 Å². The van der Waals surface area contributed by atoms with E-state index < -0.39 is 0 Å². The minimum atomic E-state index is -0.0983. The molecule has 1 atom stereocenters. The second-order valence-electron chi connectivity index (χ2n) is 10.7. The van der Waals surface area contributed by atoms with Gasteiger partial charge in [0.15, 0.2) is 0 Å². The number of ether oxygens (including phenoxy) is 1. The van der Waals surface area contributed by atoms with Crippen LogP contribution in [0, 0.1) is 16.7 Å². The summed E-state index contributed by atoms with van der Waals surface area (Å²) < 4.78 is 5.69. The van der Waals surface area contributed by atoms with E-state index in [4.69, 9.17) is 4.74 Å². The SMILES string of the molecule is CC1(C)CC(NC(=O)C2COCCN2CC2CCCCC2)CC(C)(C)C1. The summed E-state index contributed by atoms with van der Waals surface area (Å²) in [5.41, 5.74) is 0.592. The lowest BCUT2D eigenvalue weighted by Gasteiger charge is -2.46. The van der Waals surface area contributed by atoms with Crippen molar-refractivity contribution in [2.45, 2.75) is 91.1 Å². The molecule has 2 aliphatic carbocycles. The number of rotatable bonds is 4. The largest absolute Gasteiger partial charge is 0.378 e. The molecule has 2 saturated carbocycles. The Hall–Kier alpha value is -0.610. The molecule has 1 N–H and O–H groups in total. The van der Waals surface area contributed by atoms with E-state index in [1.807, 2.05) is 0 Å². The summed E-state index contributed by atoms with van der Waals surface area (Å²) in [6.07, 6.45) is 10.2. The van der Waals surface area contributed by atoms with Crippen molar-refractivity contribution in [2.24, 2.45) is 16.7 Å². The first-order chi connectivity index (χ1) is 12.2. The molecule has 0 bridgehead atoms. The molecule has 3 aliphatic rings. The fraction of sp³-hybridized carbons (Fsp3) is 0.955. The summed E-state index contributed by atoms with van der Waals surface area (Å²) in [4.78, 5) is 15.5. The maximum Gasteiger partial charge on any atom is 0.239 e. The standard InChI is InChI=1S/C22H40N2O2/c1-21(2)12-18(13-22(3,4)16-21)23-20(25)19-15-26-11-10-24(19)14-17-8-6-5-7-9-17/h17-19H,5-16H2,1-4H3,(H,23,25). The molecule has 4 nitrogen and oxygen atoms in total. The quantitative estimate of drug-likeness (QED) is 0.820. The molecule has 150 valence electrons. The van der Waals surface area contributed by atoms with Gasteiger partial charge in [-0.3, -0.25) is 9.69 Å². The molecule has 3 rings (SSSR count). The van der Waals surface area contributed by atoms with Crippen LogP contribution in [0.15, 0.2) is 0 Å². The Morgan fingerprint density at radius 1 is 1.08 bits per heavy atom. The molecule has 0 radical (unpaired) electrons. The van der Waals surface area contributed by atoms with Gasteiger partial charge in [0.2, 0.25) is 5.91 Å². The zero-order valence-electron chi connectivity index (χ0n) is 17.5. The summed E-state index contributed by atoms with van der Waals surface area (Å²) in [6.45, 7) is 12.6. The predicted molar refractivity (Wildman–Crippen MR) is 106 cm³/mol. The summed E-state index contributed by atoms with van der Waals surface area (Å²) in [5, 5.41) is 3.41. The lowest BCUT2D eigenvalue weighted by molar-refractivity contribution is -0.134. The summed E-state index contributed by atoms with van der Waals surface area (Å²) in [6, 6.07) is 0.193. The molecule has 26 heavy (non-hydrogen) atoms. The van der Waals surface area contributed by atoms with Crippen LogP contribution in [0.2, 0.25) is 0 Å². The lowest BCUT2D eigenvalue weighted by atomic mass is 9.63. The summed E-state index contributed by atoms with van der Waals surface area (Å²) in [7, 11) is 0. The Balaban J connectivity index is 1.59. The molecule has 1 heterocycles. The van der Waals surface area contributed by atoms with E-state index >= 15 is 0 Å². The monoisotopic (exact) mass is 364 g/mol. The van der Waals surface area contributed by atoms with Gasteiger partial charge in [-0.25, -0.2) is 0 Å². The number of hydrogen-bond acceptors (Lipinski definition) is 3. The number of amides is 1. The van der Waals surface area contributed by atoms with Crippen LogP contribution in [0.25, 0.3) is 0 Å². The highest BCUT2D eigenvalue weighted by atomic mass is 16.5. The van der Waals surface area contributed by atoms with E-state index in [2.05, 4.69) is 37.9 Å². The van der Waals surface area contributed by atoms with Crippen LogP contribution in [-0.4, -0.2) is 49.2 Å². The van der Waals surface area contributed by atoms with Crippen molar-refractivity contribution in [3.05, 3.63) is 0 Å². The molecule has 1 amide bonds. The van der Waals surface area contributed by atoms with Crippen LogP contribution in [0.5, 0.6) is 0 Å². The summed E-state index contributed by atoms with van der Waals surface area (Å²) >= 11 is 0. The number of hydrogen-bond donors (Lipinski definition) is 1. The Morgan fingerprint density at radius 3 is 2.38 bits per heavy atom. The van der Waals surface area contributed by atoms with Crippen molar-refractivity contribution in [3.8, 4) is 0 Å². The molecule has 0 aromatic carbocycles. The third kappa shape index (κ3) is 5.45. The van der Waals surface area contributed by atoms with Crippen LogP contribution in [-0.2, 0) is 9.53 Å². The van der Waals surface area contributed by atoms with Gasteiger partial charge in [0.05, 0.1) is 13.2 Å². The van der Waals surface area contributed by atoms with Gasteiger partial charge in [-0.1, -0.05) is 47.0 Å². The Morgan fingerprint density at radius 2 is 1.73 bits per heavy atom. The number of carbonyl (C=O) groups excluding carboxylic acids is 1. The molecule has 0 aromatic heterocycles. The van der Waals surface area contributed by atoms with Gasteiger partial charge in [-0.05, 0) is 48.9 Å². The second kappa shape index (κ2) is 8.18. The van der Waals surface area contributed by atoms with E-state index in [1.165, 1.54) is 38.5 Å². The smallest absolute Gasteiger partial charge is 0.239 e. The average Bonchev–Trinajstić information content (AvgIpc) is 2.53. The summed E-state index contributed by atoms with van der Waals surface area (Å²) in [5.74, 6) is 0.962. The Kier molecular flexibility index (Phi) is 6.33. The van der Waals surface area contributed by atoms with Gasteiger partial charge < -0.3 is 10.1 Å². The van der Waals surface area contributed by atoms with E-state index in [-0.39, 0.29) is 11.9 Å². The van der Waals surface area contributed by atoms with Crippen molar-refractivity contribution in [1.29, 1.82) is 0 Å². The number of nitrogens with one attached hydrogen (secondary N) is 1. The third-order valence-electron chi connectivity index (χ3n) is 6.66. The van der Waals surface area contributed by atoms with E-state index in [1.54, 1.807) is 0 Å². The van der Waals surface area contributed by atoms with Crippen LogP contribution < -0.4 is 5.32 Å². The van der Waals surface area contributed by atoms with E-state index in [9.17, 15) is 4.79 Å².